The Bertz CT molecular complexity index is 215. The van der Waals surface area contributed by atoms with Gasteiger partial charge in [-0.1, -0.05) is 13.0 Å². The standard InChI is InChI=1S/C10H17NO3/c1-3-5-10(12)14-11-6-7-13-8-9(11)4-2/h3,5,9H,4,6-8H2,1-2H3. The molecule has 1 aliphatic heterocycles. The van der Waals surface area contributed by atoms with E-state index in [9.17, 15) is 4.79 Å². The Balaban J connectivity index is 2.44. The van der Waals surface area contributed by atoms with Gasteiger partial charge >= 0.3 is 5.97 Å². The van der Waals surface area contributed by atoms with Gasteiger partial charge in [0, 0.05) is 6.08 Å². The molecular formula is C10H17NO3. The molecule has 0 bridgehead atoms. The molecule has 14 heavy (non-hydrogen) atoms. The van der Waals surface area contributed by atoms with E-state index in [-0.39, 0.29) is 12.0 Å². The second-order valence-electron chi connectivity index (χ2n) is 3.19. The van der Waals surface area contributed by atoms with Crippen LogP contribution in [0.25, 0.3) is 0 Å². The molecule has 4 nitrogen and oxygen atoms in total. The number of carbonyl (C=O) groups excluding carboxylic acids is 1. The van der Waals surface area contributed by atoms with Crippen LogP contribution in [-0.2, 0) is 14.4 Å². The number of hydrogen-bond donors (Lipinski definition) is 0. The van der Waals surface area contributed by atoms with Crippen molar-refractivity contribution in [1.82, 2.24) is 5.06 Å². The second kappa shape index (κ2) is 5.78. The van der Waals surface area contributed by atoms with Crippen LogP contribution in [0.15, 0.2) is 12.2 Å². The van der Waals surface area contributed by atoms with Crippen LogP contribution in [0.1, 0.15) is 20.3 Å². The number of nitrogens with zero attached hydrogens (tertiary/aromatic N) is 1. The zero-order valence-corrected chi connectivity index (χ0v) is 8.73. The monoisotopic (exact) mass is 199 g/mol. The Hall–Kier alpha value is -0.870. The lowest BCUT2D eigenvalue weighted by molar-refractivity contribution is -0.218. The third-order valence-corrected chi connectivity index (χ3v) is 2.15. The molecule has 1 unspecified atom stereocenters. The normalized spacial score (nSPS) is 24.0. The van der Waals surface area contributed by atoms with Crippen LogP contribution < -0.4 is 0 Å². The van der Waals surface area contributed by atoms with Crippen molar-refractivity contribution in [2.75, 3.05) is 19.8 Å². The predicted molar refractivity (Wildman–Crippen MR) is 52.5 cm³/mol. The SMILES string of the molecule is CC=CC(=O)ON1CCOCC1CC. The molecule has 80 valence electrons. The molecular weight excluding hydrogens is 182 g/mol. The van der Waals surface area contributed by atoms with E-state index >= 15 is 0 Å². The molecule has 1 fully saturated rings. The molecule has 0 N–H and O–H groups in total. The van der Waals surface area contributed by atoms with E-state index in [0.29, 0.717) is 19.8 Å². The largest absolute Gasteiger partial charge is 0.378 e. The van der Waals surface area contributed by atoms with Gasteiger partial charge in [0.05, 0.1) is 25.8 Å². The molecule has 1 aliphatic rings. The summed E-state index contributed by atoms with van der Waals surface area (Å²) in [5, 5.41) is 1.71. The maximum absolute atomic E-state index is 11.2. The van der Waals surface area contributed by atoms with Crippen molar-refractivity contribution in [3.8, 4) is 0 Å². The van der Waals surface area contributed by atoms with Crippen molar-refractivity contribution >= 4 is 5.97 Å². The van der Waals surface area contributed by atoms with Crippen LogP contribution in [0, 0.1) is 0 Å². The van der Waals surface area contributed by atoms with Crippen molar-refractivity contribution in [1.29, 1.82) is 0 Å². The Morgan fingerprint density at radius 3 is 3.14 bits per heavy atom. The summed E-state index contributed by atoms with van der Waals surface area (Å²) in [7, 11) is 0. The quantitative estimate of drug-likeness (QED) is 0.639. The first-order chi connectivity index (χ1) is 6.77. The fraction of sp³-hybridized carbons (Fsp3) is 0.700. The van der Waals surface area contributed by atoms with Crippen molar-refractivity contribution in [2.45, 2.75) is 26.3 Å². The molecule has 0 saturated carbocycles. The molecule has 1 saturated heterocycles. The predicted octanol–water partition coefficient (Wildman–Crippen LogP) is 1.13. The first-order valence-electron chi connectivity index (χ1n) is 4.97. The van der Waals surface area contributed by atoms with Gasteiger partial charge in [-0.05, 0) is 13.3 Å². The summed E-state index contributed by atoms with van der Waals surface area (Å²) in [6.07, 6.45) is 4.01. The van der Waals surface area contributed by atoms with Crippen molar-refractivity contribution in [2.24, 2.45) is 0 Å². The summed E-state index contributed by atoms with van der Waals surface area (Å²) in [5.41, 5.74) is 0. The van der Waals surface area contributed by atoms with Gasteiger partial charge in [0.2, 0.25) is 0 Å². The van der Waals surface area contributed by atoms with Gasteiger partial charge in [-0.15, -0.1) is 5.06 Å². The molecule has 4 heteroatoms. The van der Waals surface area contributed by atoms with E-state index in [0.717, 1.165) is 6.42 Å². The molecule has 0 spiro atoms. The molecule has 0 aromatic heterocycles. The second-order valence-corrected chi connectivity index (χ2v) is 3.19. The average molecular weight is 199 g/mol. The summed E-state index contributed by atoms with van der Waals surface area (Å²) in [4.78, 5) is 16.3. The van der Waals surface area contributed by atoms with E-state index < -0.39 is 0 Å². The lowest BCUT2D eigenvalue weighted by Gasteiger charge is -2.32. The smallest absolute Gasteiger partial charge is 0.349 e. The number of hydroxylamine groups is 2. The number of ether oxygens (including phenoxy) is 1. The zero-order chi connectivity index (χ0) is 10.4. The molecule has 0 aromatic carbocycles. The zero-order valence-electron chi connectivity index (χ0n) is 8.73. The fourth-order valence-electron chi connectivity index (χ4n) is 1.36. The van der Waals surface area contributed by atoms with Crippen LogP contribution in [0.4, 0.5) is 0 Å². The molecule has 1 rings (SSSR count). The van der Waals surface area contributed by atoms with Gasteiger partial charge < -0.3 is 9.57 Å². The molecule has 1 heterocycles. The Morgan fingerprint density at radius 1 is 1.71 bits per heavy atom. The average Bonchev–Trinajstić information content (AvgIpc) is 2.19. The highest BCUT2D eigenvalue weighted by molar-refractivity contribution is 5.81. The van der Waals surface area contributed by atoms with Crippen LogP contribution in [0.2, 0.25) is 0 Å². The van der Waals surface area contributed by atoms with Crippen LogP contribution >= 0.6 is 0 Å². The summed E-state index contributed by atoms with van der Waals surface area (Å²) in [6, 6.07) is 0.193. The van der Waals surface area contributed by atoms with E-state index in [2.05, 4.69) is 6.92 Å². The van der Waals surface area contributed by atoms with Gasteiger partial charge in [-0.25, -0.2) is 4.79 Å². The van der Waals surface area contributed by atoms with E-state index in [4.69, 9.17) is 9.57 Å². The number of morpholine rings is 1. The van der Waals surface area contributed by atoms with Gasteiger partial charge in [0.15, 0.2) is 0 Å². The summed E-state index contributed by atoms with van der Waals surface area (Å²) in [6.45, 7) is 5.76. The lowest BCUT2D eigenvalue weighted by Crippen LogP contribution is -2.45. The third-order valence-electron chi connectivity index (χ3n) is 2.15. The molecule has 0 amide bonds. The Kier molecular flexibility index (Phi) is 4.62. The molecule has 0 aliphatic carbocycles. The summed E-state index contributed by atoms with van der Waals surface area (Å²) in [5.74, 6) is -0.312. The Morgan fingerprint density at radius 2 is 2.50 bits per heavy atom. The number of allylic oxidation sites excluding steroid dienone is 1. The summed E-state index contributed by atoms with van der Waals surface area (Å²) < 4.78 is 5.29. The third kappa shape index (κ3) is 3.12. The van der Waals surface area contributed by atoms with Crippen LogP contribution in [0.3, 0.4) is 0 Å². The lowest BCUT2D eigenvalue weighted by atomic mass is 10.2. The molecule has 1 atom stereocenters. The first-order valence-corrected chi connectivity index (χ1v) is 4.97. The number of hydrogen-bond acceptors (Lipinski definition) is 4. The first kappa shape index (κ1) is 11.2. The van der Waals surface area contributed by atoms with Crippen LogP contribution in [0.5, 0.6) is 0 Å². The highest BCUT2D eigenvalue weighted by Crippen LogP contribution is 2.10. The number of carbonyl (C=O) groups is 1. The maximum atomic E-state index is 11.2. The minimum absolute atomic E-state index is 0.193. The Labute approximate surface area is 84.4 Å². The maximum Gasteiger partial charge on any atom is 0.349 e. The summed E-state index contributed by atoms with van der Waals surface area (Å²) >= 11 is 0. The molecule has 0 radical (unpaired) electrons. The topological polar surface area (TPSA) is 38.8 Å². The minimum atomic E-state index is -0.312. The van der Waals surface area contributed by atoms with Crippen molar-refractivity contribution in [3.05, 3.63) is 12.2 Å². The van der Waals surface area contributed by atoms with E-state index in [1.54, 1.807) is 18.1 Å². The van der Waals surface area contributed by atoms with E-state index in [1.165, 1.54) is 6.08 Å². The molecule has 0 aromatic rings. The van der Waals surface area contributed by atoms with Gasteiger partial charge in [-0.3, -0.25) is 0 Å². The van der Waals surface area contributed by atoms with Crippen LogP contribution in [-0.4, -0.2) is 36.8 Å². The van der Waals surface area contributed by atoms with Gasteiger partial charge in [0.1, 0.15) is 0 Å². The minimum Gasteiger partial charge on any atom is -0.378 e. The van der Waals surface area contributed by atoms with Crippen molar-refractivity contribution in [3.63, 3.8) is 0 Å². The van der Waals surface area contributed by atoms with Crippen molar-refractivity contribution < 1.29 is 14.4 Å². The van der Waals surface area contributed by atoms with Gasteiger partial charge in [0.25, 0.3) is 0 Å². The number of rotatable bonds is 3. The fourth-order valence-corrected chi connectivity index (χ4v) is 1.36. The highest BCUT2D eigenvalue weighted by Gasteiger charge is 2.24. The highest BCUT2D eigenvalue weighted by atomic mass is 16.7. The van der Waals surface area contributed by atoms with E-state index in [1.807, 2.05) is 0 Å². The van der Waals surface area contributed by atoms with Gasteiger partial charge in [-0.2, -0.15) is 0 Å².